The van der Waals surface area contributed by atoms with Crippen LogP contribution in [0.3, 0.4) is 0 Å². The summed E-state index contributed by atoms with van der Waals surface area (Å²) in [4.78, 5) is 1.01. The number of aryl methyl sites for hydroxylation is 1. The van der Waals surface area contributed by atoms with Crippen molar-refractivity contribution in [3.05, 3.63) is 20.9 Å². The Hall–Kier alpha value is -0.510. The summed E-state index contributed by atoms with van der Waals surface area (Å²) in [7, 11) is -3.53. The number of nitrogens with one attached hydrogen (secondary N) is 1. The highest BCUT2D eigenvalue weighted by atomic mass is 79.9. The number of thiophene rings is 1. The third kappa shape index (κ3) is 2.42. The van der Waals surface area contributed by atoms with Gasteiger partial charge in [0.05, 0.1) is 9.98 Å². The summed E-state index contributed by atoms with van der Waals surface area (Å²) >= 11 is 5.63. The molecule has 0 saturated carbocycles. The Bertz CT molecular complexity index is 590. The SMILES string of the molecule is Cc1sc(Br)cc1S(=O)(=O)Nc1cnns1. The fourth-order valence-electron chi connectivity index (χ4n) is 1.10. The lowest BCUT2D eigenvalue weighted by Gasteiger charge is -2.03. The van der Waals surface area contributed by atoms with E-state index < -0.39 is 10.0 Å². The zero-order valence-corrected chi connectivity index (χ0v) is 12.0. The van der Waals surface area contributed by atoms with Gasteiger partial charge in [0.15, 0.2) is 0 Å². The van der Waals surface area contributed by atoms with Crippen LogP contribution in [0.25, 0.3) is 0 Å². The van der Waals surface area contributed by atoms with Crippen LogP contribution in [0.15, 0.2) is 20.9 Å². The van der Waals surface area contributed by atoms with Gasteiger partial charge in [-0.15, -0.1) is 16.4 Å². The average Bonchev–Trinajstić information content (AvgIpc) is 2.75. The third-order valence-electron chi connectivity index (χ3n) is 1.73. The maximum atomic E-state index is 12.0. The first-order chi connectivity index (χ1) is 7.49. The molecule has 86 valence electrons. The summed E-state index contributed by atoms with van der Waals surface area (Å²) < 4.78 is 30.7. The topological polar surface area (TPSA) is 72.0 Å². The molecule has 0 aliphatic carbocycles. The molecule has 16 heavy (non-hydrogen) atoms. The van der Waals surface area contributed by atoms with Crippen LogP contribution in [0, 0.1) is 6.92 Å². The first-order valence-corrected chi connectivity index (χ1v) is 7.92. The summed E-state index contributed by atoms with van der Waals surface area (Å²) in [6, 6.07) is 1.58. The molecule has 0 bridgehead atoms. The molecule has 0 aliphatic rings. The molecule has 0 fully saturated rings. The Morgan fingerprint density at radius 1 is 1.50 bits per heavy atom. The molecule has 0 saturated heterocycles. The number of nitrogens with zero attached hydrogens (tertiary/aromatic N) is 2. The van der Waals surface area contributed by atoms with Gasteiger partial charge in [-0.1, -0.05) is 4.49 Å². The van der Waals surface area contributed by atoms with Crippen LogP contribution < -0.4 is 4.72 Å². The van der Waals surface area contributed by atoms with Gasteiger partial charge in [0.1, 0.15) is 9.90 Å². The van der Waals surface area contributed by atoms with E-state index in [1.54, 1.807) is 13.0 Å². The number of sulfonamides is 1. The third-order valence-corrected chi connectivity index (χ3v) is 5.61. The standard InChI is InChI=1S/C7H6BrN3O2S3/c1-4-5(2-6(8)14-4)16(12,13)10-7-3-9-11-15-7/h2-3,10H,1H3. The highest BCUT2D eigenvalue weighted by molar-refractivity contribution is 9.11. The van der Waals surface area contributed by atoms with E-state index in [2.05, 4.69) is 30.2 Å². The highest BCUT2D eigenvalue weighted by Crippen LogP contribution is 2.30. The molecule has 2 heterocycles. The van der Waals surface area contributed by atoms with Gasteiger partial charge in [0.2, 0.25) is 0 Å². The molecular weight excluding hydrogens is 334 g/mol. The molecule has 2 rings (SSSR count). The second-order valence-electron chi connectivity index (χ2n) is 2.86. The van der Waals surface area contributed by atoms with Crippen molar-refractivity contribution < 1.29 is 8.42 Å². The molecule has 0 unspecified atom stereocenters. The van der Waals surface area contributed by atoms with Gasteiger partial charge in [0, 0.05) is 16.4 Å². The number of anilines is 1. The summed E-state index contributed by atoms with van der Waals surface area (Å²) in [5.41, 5.74) is 0. The number of halogens is 1. The zero-order chi connectivity index (χ0) is 11.8. The van der Waals surface area contributed by atoms with E-state index in [1.807, 2.05) is 0 Å². The molecule has 9 heteroatoms. The molecule has 0 amide bonds. The Labute approximate surface area is 109 Å². The lowest BCUT2D eigenvalue weighted by Crippen LogP contribution is -2.12. The predicted molar refractivity (Wildman–Crippen MR) is 67.5 cm³/mol. The van der Waals surface area contributed by atoms with Gasteiger partial charge in [-0.2, -0.15) is 0 Å². The van der Waals surface area contributed by atoms with E-state index in [1.165, 1.54) is 17.5 Å². The monoisotopic (exact) mass is 339 g/mol. The maximum absolute atomic E-state index is 12.0. The minimum atomic E-state index is -3.53. The molecule has 0 radical (unpaired) electrons. The quantitative estimate of drug-likeness (QED) is 0.932. The molecule has 2 aromatic heterocycles. The second-order valence-corrected chi connectivity index (χ2v) is 7.93. The Morgan fingerprint density at radius 2 is 2.25 bits per heavy atom. The van der Waals surface area contributed by atoms with Crippen LogP contribution in [0.4, 0.5) is 5.00 Å². The van der Waals surface area contributed by atoms with Gasteiger partial charge < -0.3 is 0 Å². The van der Waals surface area contributed by atoms with Crippen molar-refractivity contribution in [2.45, 2.75) is 11.8 Å². The molecule has 1 N–H and O–H groups in total. The molecule has 0 aromatic carbocycles. The van der Waals surface area contributed by atoms with Crippen molar-refractivity contribution in [2.24, 2.45) is 0 Å². The maximum Gasteiger partial charge on any atom is 0.263 e. The van der Waals surface area contributed by atoms with E-state index in [-0.39, 0.29) is 4.90 Å². The van der Waals surface area contributed by atoms with Crippen LogP contribution in [-0.4, -0.2) is 18.0 Å². The minimum absolute atomic E-state index is 0.276. The molecule has 0 aliphatic heterocycles. The second kappa shape index (κ2) is 4.40. The largest absolute Gasteiger partial charge is 0.268 e. The van der Waals surface area contributed by atoms with Gasteiger partial charge in [-0.3, -0.25) is 4.72 Å². The lowest BCUT2D eigenvalue weighted by atomic mass is 10.5. The summed E-state index contributed by atoms with van der Waals surface area (Å²) in [6.45, 7) is 1.76. The van der Waals surface area contributed by atoms with Crippen molar-refractivity contribution in [1.82, 2.24) is 9.59 Å². The van der Waals surface area contributed by atoms with Crippen LogP contribution in [0.2, 0.25) is 0 Å². The minimum Gasteiger partial charge on any atom is -0.268 e. The van der Waals surface area contributed by atoms with Crippen LogP contribution in [0.5, 0.6) is 0 Å². The fourth-order valence-corrected chi connectivity index (χ4v) is 5.20. The van der Waals surface area contributed by atoms with Crippen molar-refractivity contribution in [3.63, 3.8) is 0 Å². The fraction of sp³-hybridized carbons (Fsp3) is 0.143. The Balaban J connectivity index is 2.36. The number of hydrogen-bond acceptors (Lipinski definition) is 6. The number of hydrogen-bond donors (Lipinski definition) is 1. The van der Waals surface area contributed by atoms with Gasteiger partial charge in [-0.05, 0) is 28.9 Å². The molecule has 0 spiro atoms. The molecule has 5 nitrogen and oxygen atoms in total. The van der Waals surface area contributed by atoms with E-state index in [4.69, 9.17) is 0 Å². The van der Waals surface area contributed by atoms with E-state index in [9.17, 15) is 8.42 Å². The highest BCUT2D eigenvalue weighted by Gasteiger charge is 2.20. The van der Waals surface area contributed by atoms with Gasteiger partial charge in [-0.25, -0.2) is 8.42 Å². The van der Waals surface area contributed by atoms with Crippen molar-refractivity contribution in [2.75, 3.05) is 4.72 Å². The molecule has 2 aromatic rings. The van der Waals surface area contributed by atoms with E-state index >= 15 is 0 Å². The van der Waals surface area contributed by atoms with Gasteiger partial charge >= 0.3 is 0 Å². The normalized spacial score (nSPS) is 11.6. The summed E-state index contributed by atoms with van der Waals surface area (Å²) in [6.07, 6.45) is 1.37. The number of rotatable bonds is 3. The van der Waals surface area contributed by atoms with Crippen LogP contribution >= 0.6 is 38.8 Å². The average molecular weight is 340 g/mol. The first kappa shape index (κ1) is 12.0. The van der Waals surface area contributed by atoms with E-state index in [0.717, 1.165) is 20.2 Å². The van der Waals surface area contributed by atoms with Crippen molar-refractivity contribution in [3.8, 4) is 0 Å². The van der Waals surface area contributed by atoms with Crippen molar-refractivity contribution in [1.29, 1.82) is 0 Å². The van der Waals surface area contributed by atoms with Crippen molar-refractivity contribution >= 4 is 53.8 Å². The summed E-state index contributed by atoms with van der Waals surface area (Å²) in [5.74, 6) is 0. The van der Waals surface area contributed by atoms with Crippen LogP contribution in [0.1, 0.15) is 4.88 Å². The number of aromatic nitrogens is 2. The summed E-state index contributed by atoms with van der Waals surface area (Å²) in [5, 5.41) is 3.97. The predicted octanol–water partition coefficient (Wildman–Crippen LogP) is 2.47. The molecule has 0 atom stereocenters. The molecular formula is C7H6BrN3O2S3. The zero-order valence-electron chi connectivity index (χ0n) is 7.97. The van der Waals surface area contributed by atoms with Gasteiger partial charge in [0.25, 0.3) is 10.0 Å². The van der Waals surface area contributed by atoms with Crippen LogP contribution in [-0.2, 0) is 10.0 Å². The smallest absolute Gasteiger partial charge is 0.263 e. The lowest BCUT2D eigenvalue weighted by molar-refractivity contribution is 0.601. The Kier molecular flexibility index (Phi) is 3.29. The van der Waals surface area contributed by atoms with E-state index in [0.29, 0.717) is 5.00 Å². The Morgan fingerprint density at radius 3 is 2.75 bits per heavy atom. The first-order valence-electron chi connectivity index (χ1n) is 4.05.